The van der Waals surface area contributed by atoms with E-state index in [0.29, 0.717) is 5.02 Å². The number of halogens is 4. The molecule has 1 heterocycles. The lowest BCUT2D eigenvalue weighted by Gasteiger charge is -2.15. The van der Waals surface area contributed by atoms with Crippen molar-refractivity contribution in [3.8, 4) is 0 Å². The van der Waals surface area contributed by atoms with Gasteiger partial charge in [0.2, 0.25) is 5.95 Å². The molecule has 0 amide bonds. The number of aliphatic hydroxyl groups is 1. The summed E-state index contributed by atoms with van der Waals surface area (Å²) in [7, 11) is 0. The van der Waals surface area contributed by atoms with Crippen molar-refractivity contribution in [1.29, 1.82) is 0 Å². The average molecular weight is 361 g/mol. The van der Waals surface area contributed by atoms with Crippen LogP contribution in [-0.4, -0.2) is 27.7 Å². The number of nitrogens with zero attached hydrogens (tertiary/aromatic N) is 2. The molecule has 5 nitrogen and oxygen atoms in total. The monoisotopic (exact) mass is 360 g/mol. The fraction of sp³-hybridized carbons (Fsp3) is 0.333. The Balaban J connectivity index is 2.20. The highest BCUT2D eigenvalue weighted by molar-refractivity contribution is 6.30. The maximum atomic E-state index is 13.0. The van der Waals surface area contributed by atoms with Crippen LogP contribution in [0.15, 0.2) is 30.3 Å². The first kappa shape index (κ1) is 18.3. The molecule has 0 aliphatic rings. The Hall–Kier alpha value is -2.06. The molecule has 0 bridgehead atoms. The summed E-state index contributed by atoms with van der Waals surface area (Å²) in [4.78, 5) is 7.44. The van der Waals surface area contributed by atoms with E-state index >= 15 is 0 Å². The Morgan fingerprint density at radius 1 is 1.21 bits per heavy atom. The second-order valence-corrected chi connectivity index (χ2v) is 5.60. The van der Waals surface area contributed by atoms with Gasteiger partial charge in [-0.2, -0.15) is 18.2 Å². The molecule has 3 N–H and O–H groups in total. The first-order chi connectivity index (χ1) is 11.3. The molecule has 0 aliphatic carbocycles. The van der Waals surface area contributed by atoms with Gasteiger partial charge in [0.15, 0.2) is 5.69 Å². The predicted octanol–water partition coefficient (Wildman–Crippen LogP) is 3.55. The van der Waals surface area contributed by atoms with Crippen molar-refractivity contribution >= 4 is 23.4 Å². The third-order valence-corrected chi connectivity index (χ3v) is 3.30. The highest BCUT2D eigenvalue weighted by atomic mass is 35.5. The van der Waals surface area contributed by atoms with Gasteiger partial charge < -0.3 is 15.7 Å². The van der Waals surface area contributed by atoms with E-state index < -0.39 is 17.9 Å². The number of hydrogen-bond donors (Lipinski definition) is 3. The molecule has 0 radical (unpaired) electrons. The zero-order valence-corrected chi connectivity index (χ0v) is 13.5. The van der Waals surface area contributed by atoms with Crippen LogP contribution in [0.3, 0.4) is 0 Å². The van der Waals surface area contributed by atoms with E-state index in [-0.39, 0.29) is 24.9 Å². The Kier molecular flexibility index (Phi) is 5.84. The average Bonchev–Trinajstić information content (AvgIpc) is 2.53. The second-order valence-electron chi connectivity index (χ2n) is 5.17. The van der Waals surface area contributed by atoms with Gasteiger partial charge in [-0.05, 0) is 24.6 Å². The molecule has 0 spiro atoms. The van der Waals surface area contributed by atoms with Gasteiger partial charge in [0.1, 0.15) is 5.82 Å². The van der Waals surface area contributed by atoms with E-state index in [0.717, 1.165) is 11.6 Å². The second kappa shape index (κ2) is 7.67. The molecule has 2 rings (SSSR count). The highest BCUT2D eigenvalue weighted by Crippen LogP contribution is 2.29. The number of rotatable bonds is 6. The van der Waals surface area contributed by atoms with Crippen molar-refractivity contribution in [2.45, 2.75) is 25.7 Å². The first-order valence-electron chi connectivity index (χ1n) is 7.10. The fourth-order valence-electron chi connectivity index (χ4n) is 1.81. The van der Waals surface area contributed by atoms with Crippen molar-refractivity contribution in [2.75, 3.05) is 17.2 Å². The number of hydrogen-bond acceptors (Lipinski definition) is 5. The lowest BCUT2D eigenvalue weighted by molar-refractivity contribution is -0.141. The molecule has 24 heavy (non-hydrogen) atoms. The van der Waals surface area contributed by atoms with Crippen molar-refractivity contribution in [3.63, 3.8) is 0 Å². The van der Waals surface area contributed by atoms with E-state index in [1.165, 1.54) is 0 Å². The number of benzene rings is 1. The molecule has 2 aromatic rings. The zero-order chi connectivity index (χ0) is 17.7. The van der Waals surface area contributed by atoms with Crippen LogP contribution in [0.1, 0.15) is 18.2 Å². The van der Waals surface area contributed by atoms with E-state index in [9.17, 15) is 13.2 Å². The minimum atomic E-state index is -4.60. The van der Waals surface area contributed by atoms with Crippen molar-refractivity contribution in [2.24, 2.45) is 0 Å². The molecule has 0 aliphatic heterocycles. The van der Waals surface area contributed by atoms with Gasteiger partial charge in [-0.15, -0.1) is 0 Å². The van der Waals surface area contributed by atoms with Crippen LogP contribution in [0.25, 0.3) is 0 Å². The van der Waals surface area contributed by atoms with Crippen LogP contribution in [-0.2, 0) is 12.7 Å². The summed E-state index contributed by atoms with van der Waals surface area (Å²) in [6, 6.07) is 7.26. The SMILES string of the molecule is C[C@@H](CO)Nc1nc(NCc2ccc(Cl)cc2)cc(C(F)(F)F)n1. The Morgan fingerprint density at radius 2 is 1.88 bits per heavy atom. The summed E-state index contributed by atoms with van der Waals surface area (Å²) in [5, 5.41) is 15.0. The molecule has 0 saturated heterocycles. The number of aromatic nitrogens is 2. The van der Waals surface area contributed by atoms with Gasteiger partial charge in [0, 0.05) is 23.7 Å². The minimum Gasteiger partial charge on any atom is -0.394 e. The van der Waals surface area contributed by atoms with Crippen LogP contribution in [0.4, 0.5) is 24.9 Å². The van der Waals surface area contributed by atoms with E-state index in [1.807, 2.05) is 0 Å². The van der Waals surface area contributed by atoms with Crippen LogP contribution in [0.5, 0.6) is 0 Å². The number of nitrogens with one attached hydrogen (secondary N) is 2. The van der Waals surface area contributed by atoms with Crippen LogP contribution >= 0.6 is 11.6 Å². The van der Waals surface area contributed by atoms with Gasteiger partial charge in [0.05, 0.1) is 6.61 Å². The topological polar surface area (TPSA) is 70.1 Å². The van der Waals surface area contributed by atoms with Crippen LogP contribution in [0.2, 0.25) is 5.02 Å². The predicted molar refractivity (Wildman–Crippen MR) is 86.0 cm³/mol. The summed E-state index contributed by atoms with van der Waals surface area (Å²) in [6.45, 7) is 1.62. The van der Waals surface area contributed by atoms with E-state index in [4.69, 9.17) is 16.7 Å². The molecule has 1 aromatic heterocycles. The third-order valence-electron chi connectivity index (χ3n) is 3.05. The summed E-state index contributed by atoms with van der Waals surface area (Å²) in [5.41, 5.74) is -0.228. The molecule has 130 valence electrons. The molecule has 9 heteroatoms. The van der Waals surface area contributed by atoms with Crippen molar-refractivity contribution in [3.05, 3.63) is 46.6 Å². The van der Waals surface area contributed by atoms with Gasteiger partial charge in [-0.3, -0.25) is 0 Å². The smallest absolute Gasteiger partial charge is 0.394 e. The molecule has 0 fully saturated rings. The maximum absolute atomic E-state index is 13.0. The Morgan fingerprint density at radius 3 is 2.46 bits per heavy atom. The molecular formula is C15H16ClF3N4O. The first-order valence-corrected chi connectivity index (χ1v) is 7.47. The minimum absolute atomic E-state index is 0.0277. The van der Waals surface area contributed by atoms with Gasteiger partial charge in [-0.25, -0.2) is 4.98 Å². The summed E-state index contributed by atoms with van der Waals surface area (Å²) < 4.78 is 38.9. The quantitative estimate of drug-likeness (QED) is 0.735. The van der Waals surface area contributed by atoms with Gasteiger partial charge in [-0.1, -0.05) is 23.7 Å². The molecule has 1 aromatic carbocycles. The zero-order valence-electron chi connectivity index (χ0n) is 12.7. The fourth-order valence-corrected chi connectivity index (χ4v) is 1.93. The molecule has 0 unspecified atom stereocenters. The molecule has 0 saturated carbocycles. The summed E-state index contributed by atoms with van der Waals surface area (Å²) in [5.74, 6) is -0.176. The largest absolute Gasteiger partial charge is 0.433 e. The van der Waals surface area contributed by atoms with Gasteiger partial charge in [0.25, 0.3) is 0 Å². The summed E-state index contributed by atoms with van der Waals surface area (Å²) >= 11 is 5.79. The van der Waals surface area contributed by atoms with E-state index in [2.05, 4.69) is 20.6 Å². The Labute approximate surface area is 141 Å². The third kappa shape index (κ3) is 5.24. The van der Waals surface area contributed by atoms with E-state index in [1.54, 1.807) is 31.2 Å². The lowest BCUT2D eigenvalue weighted by Crippen LogP contribution is -2.22. The van der Waals surface area contributed by atoms with Crippen molar-refractivity contribution in [1.82, 2.24) is 9.97 Å². The molecule has 1 atom stereocenters. The standard InChI is InChI=1S/C15H16ClF3N4O/c1-9(8-24)21-14-22-12(15(17,18)19)6-13(23-14)20-7-10-2-4-11(16)5-3-10/h2-6,9,24H,7-8H2,1H3,(H2,20,21,22,23)/t9-/m0/s1. The Bertz CT molecular complexity index is 679. The van der Waals surface area contributed by atoms with Crippen LogP contribution < -0.4 is 10.6 Å². The normalized spacial score (nSPS) is 12.8. The maximum Gasteiger partial charge on any atom is 0.433 e. The van der Waals surface area contributed by atoms with Gasteiger partial charge >= 0.3 is 6.18 Å². The lowest BCUT2D eigenvalue weighted by atomic mass is 10.2. The van der Waals surface area contributed by atoms with Crippen LogP contribution in [0, 0.1) is 0 Å². The summed E-state index contributed by atoms with van der Waals surface area (Å²) in [6.07, 6.45) is -4.60. The highest BCUT2D eigenvalue weighted by Gasteiger charge is 2.33. The molecular weight excluding hydrogens is 345 g/mol. The van der Waals surface area contributed by atoms with Crippen molar-refractivity contribution < 1.29 is 18.3 Å². The number of anilines is 2. The number of aliphatic hydroxyl groups excluding tert-OH is 1. The number of alkyl halides is 3.